The minimum absolute atomic E-state index is 0.177. The molecule has 0 saturated heterocycles. The number of hydrogen-bond donors (Lipinski definition) is 1. The van der Waals surface area contributed by atoms with Crippen molar-refractivity contribution in [1.82, 2.24) is 15.4 Å². The molecule has 1 aliphatic rings. The van der Waals surface area contributed by atoms with Gasteiger partial charge in [0.1, 0.15) is 11.5 Å². The number of carbonyl (C=O) groups excluding carboxylic acids is 2. The van der Waals surface area contributed by atoms with Crippen molar-refractivity contribution < 1.29 is 14.3 Å². The van der Waals surface area contributed by atoms with Gasteiger partial charge in [0.25, 0.3) is 5.88 Å². The Morgan fingerprint density at radius 1 is 1.23 bits per heavy atom. The molecule has 114 valence electrons. The number of hydrogen-bond acceptors (Lipinski definition) is 5. The highest BCUT2D eigenvalue weighted by molar-refractivity contribution is 5.94. The predicted octanol–water partition coefficient (Wildman–Crippen LogP) is 3.03. The lowest BCUT2D eigenvalue weighted by Crippen LogP contribution is -2.12. The monoisotopic (exact) mass is 299 g/mol. The summed E-state index contributed by atoms with van der Waals surface area (Å²) in [6, 6.07) is 7.71. The van der Waals surface area contributed by atoms with Gasteiger partial charge in [-0.05, 0) is 36.5 Å². The molecular weight excluding hydrogens is 282 g/mol. The van der Waals surface area contributed by atoms with Gasteiger partial charge in [-0.3, -0.25) is 14.7 Å². The number of benzene rings is 1. The maximum absolute atomic E-state index is 11.4. The third-order valence-corrected chi connectivity index (χ3v) is 3.98. The molecule has 0 amide bonds. The Hall–Kier alpha value is -2.50. The number of rotatable bonds is 4. The molecule has 0 aliphatic heterocycles. The van der Waals surface area contributed by atoms with Crippen LogP contribution in [0.25, 0.3) is 0 Å². The minimum Gasteiger partial charge on any atom is -0.436 e. The Morgan fingerprint density at radius 3 is 2.55 bits per heavy atom. The molecule has 0 spiro atoms. The van der Waals surface area contributed by atoms with Crippen molar-refractivity contribution >= 4 is 11.6 Å². The second kappa shape index (κ2) is 6.09. The summed E-state index contributed by atoms with van der Waals surface area (Å²) in [5.41, 5.74) is 1.47. The Morgan fingerprint density at radius 2 is 1.91 bits per heavy atom. The lowest BCUT2D eigenvalue weighted by molar-refractivity contribution is -0.120. The van der Waals surface area contributed by atoms with E-state index in [1.54, 1.807) is 0 Å². The van der Waals surface area contributed by atoms with E-state index in [1.807, 2.05) is 24.3 Å². The highest BCUT2D eigenvalue weighted by Crippen LogP contribution is 2.32. The van der Waals surface area contributed by atoms with Gasteiger partial charge in [0, 0.05) is 19.8 Å². The SMILES string of the molecule is CC(=O)c1[nH]nnc1Oc1ccc(C2CCC(=O)CC2)cc1. The van der Waals surface area contributed by atoms with Crippen molar-refractivity contribution in [3.05, 3.63) is 35.5 Å². The first-order valence-corrected chi connectivity index (χ1v) is 7.35. The molecule has 1 fully saturated rings. The molecule has 1 aromatic carbocycles. The second-order valence-corrected chi connectivity index (χ2v) is 5.53. The van der Waals surface area contributed by atoms with Crippen LogP contribution < -0.4 is 4.74 Å². The molecule has 22 heavy (non-hydrogen) atoms. The number of ketones is 2. The van der Waals surface area contributed by atoms with Gasteiger partial charge in [-0.1, -0.05) is 22.4 Å². The summed E-state index contributed by atoms with van der Waals surface area (Å²) in [6.45, 7) is 1.43. The van der Waals surface area contributed by atoms with Gasteiger partial charge in [0.2, 0.25) is 0 Å². The summed E-state index contributed by atoms with van der Waals surface area (Å²) in [6.07, 6.45) is 3.17. The summed E-state index contributed by atoms with van der Waals surface area (Å²) in [5, 5.41) is 9.88. The van der Waals surface area contributed by atoms with Crippen LogP contribution in [-0.4, -0.2) is 27.0 Å². The average molecular weight is 299 g/mol. The van der Waals surface area contributed by atoms with Gasteiger partial charge < -0.3 is 4.74 Å². The van der Waals surface area contributed by atoms with Gasteiger partial charge >= 0.3 is 0 Å². The molecule has 1 aliphatic carbocycles. The van der Waals surface area contributed by atoms with E-state index in [0.717, 1.165) is 12.8 Å². The van der Waals surface area contributed by atoms with Crippen LogP contribution in [0.2, 0.25) is 0 Å². The summed E-state index contributed by atoms with van der Waals surface area (Å²) in [4.78, 5) is 22.7. The molecule has 0 atom stereocenters. The van der Waals surface area contributed by atoms with E-state index in [9.17, 15) is 9.59 Å². The zero-order valence-corrected chi connectivity index (χ0v) is 12.3. The van der Waals surface area contributed by atoms with Gasteiger partial charge in [-0.15, -0.1) is 0 Å². The molecule has 1 N–H and O–H groups in total. The molecule has 0 unspecified atom stereocenters. The van der Waals surface area contributed by atoms with E-state index < -0.39 is 0 Å². The molecule has 3 rings (SSSR count). The van der Waals surface area contributed by atoms with E-state index in [-0.39, 0.29) is 17.4 Å². The zero-order valence-electron chi connectivity index (χ0n) is 12.3. The Labute approximate surface area is 127 Å². The molecule has 0 radical (unpaired) electrons. The van der Waals surface area contributed by atoms with Gasteiger partial charge in [0.05, 0.1) is 0 Å². The maximum Gasteiger partial charge on any atom is 0.269 e. The largest absolute Gasteiger partial charge is 0.436 e. The fourth-order valence-corrected chi connectivity index (χ4v) is 2.71. The first-order valence-electron chi connectivity index (χ1n) is 7.35. The van der Waals surface area contributed by atoms with Gasteiger partial charge in [0.15, 0.2) is 11.5 Å². The van der Waals surface area contributed by atoms with Crippen molar-refractivity contribution in [3.8, 4) is 11.6 Å². The number of H-pyrrole nitrogens is 1. The molecule has 1 aromatic heterocycles. The molecule has 6 heteroatoms. The van der Waals surface area contributed by atoms with Crippen LogP contribution in [0.5, 0.6) is 11.6 Å². The number of nitrogens with zero attached hydrogens (tertiary/aromatic N) is 2. The van der Waals surface area contributed by atoms with Gasteiger partial charge in [-0.25, -0.2) is 0 Å². The molecule has 1 saturated carbocycles. The third-order valence-electron chi connectivity index (χ3n) is 3.98. The molecule has 1 heterocycles. The number of nitrogens with one attached hydrogen (secondary N) is 1. The maximum atomic E-state index is 11.4. The molecular formula is C16H17N3O3. The van der Waals surface area contributed by atoms with E-state index >= 15 is 0 Å². The lowest BCUT2D eigenvalue weighted by Gasteiger charge is -2.21. The fourth-order valence-electron chi connectivity index (χ4n) is 2.71. The summed E-state index contributed by atoms with van der Waals surface area (Å²) in [7, 11) is 0. The first-order chi connectivity index (χ1) is 10.6. The summed E-state index contributed by atoms with van der Waals surface area (Å²) < 4.78 is 5.59. The van der Waals surface area contributed by atoms with Crippen LogP contribution in [-0.2, 0) is 4.79 Å². The van der Waals surface area contributed by atoms with Crippen LogP contribution >= 0.6 is 0 Å². The van der Waals surface area contributed by atoms with Crippen molar-refractivity contribution in [1.29, 1.82) is 0 Å². The molecule has 0 bridgehead atoms. The molecule has 2 aromatic rings. The first kappa shape index (κ1) is 14.4. The number of carbonyl (C=O) groups is 2. The standard InChI is InChI=1S/C16H17N3O3/c1-10(20)15-16(18-19-17-15)22-14-8-4-12(5-9-14)11-2-6-13(21)7-3-11/h4-5,8-9,11H,2-3,6-7H2,1H3,(H,17,18,19). The summed E-state index contributed by atoms with van der Waals surface area (Å²) in [5.74, 6) is 1.41. The number of ether oxygens (including phenoxy) is 1. The smallest absolute Gasteiger partial charge is 0.269 e. The second-order valence-electron chi connectivity index (χ2n) is 5.53. The fraction of sp³-hybridized carbons (Fsp3) is 0.375. The predicted molar refractivity (Wildman–Crippen MR) is 79.1 cm³/mol. The van der Waals surface area contributed by atoms with E-state index in [2.05, 4.69) is 15.4 Å². The minimum atomic E-state index is -0.177. The van der Waals surface area contributed by atoms with Crippen LogP contribution in [0, 0.1) is 0 Å². The van der Waals surface area contributed by atoms with Crippen LogP contribution in [0.1, 0.15) is 54.6 Å². The lowest BCUT2D eigenvalue weighted by atomic mass is 9.83. The highest BCUT2D eigenvalue weighted by Gasteiger charge is 2.20. The van der Waals surface area contributed by atoms with Crippen molar-refractivity contribution in [2.24, 2.45) is 0 Å². The normalized spacial score (nSPS) is 15.8. The number of aromatic amines is 1. The number of Topliss-reactive ketones (excluding diaryl/α,β-unsaturated/α-hetero) is 2. The number of aromatic nitrogens is 3. The van der Waals surface area contributed by atoms with Crippen LogP contribution in [0.4, 0.5) is 0 Å². The average Bonchev–Trinajstić information content (AvgIpc) is 2.97. The van der Waals surface area contributed by atoms with Crippen LogP contribution in [0.15, 0.2) is 24.3 Å². The van der Waals surface area contributed by atoms with Crippen LogP contribution in [0.3, 0.4) is 0 Å². The van der Waals surface area contributed by atoms with Crippen molar-refractivity contribution in [2.45, 2.75) is 38.5 Å². The van der Waals surface area contributed by atoms with Gasteiger partial charge in [-0.2, -0.15) is 0 Å². The van der Waals surface area contributed by atoms with Crippen molar-refractivity contribution in [2.75, 3.05) is 0 Å². The zero-order chi connectivity index (χ0) is 15.5. The van der Waals surface area contributed by atoms with E-state index in [4.69, 9.17) is 4.74 Å². The quantitative estimate of drug-likeness (QED) is 0.877. The Bertz CT molecular complexity index is 681. The Kier molecular flexibility index (Phi) is 4.00. The highest BCUT2D eigenvalue weighted by atomic mass is 16.5. The van der Waals surface area contributed by atoms with E-state index in [0.29, 0.717) is 30.3 Å². The van der Waals surface area contributed by atoms with Crippen molar-refractivity contribution in [3.63, 3.8) is 0 Å². The van der Waals surface area contributed by atoms with E-state index in [1.165, 1.54) is 12.5 Å². The topological polar surface area (TPSA) is 84.9 Å². The molecule has 6 nitrogen and oxygen atoms in total. The Balaban J connectivity index is 1.70. The summed E-state index contributed by atoms with van der Waals surface area (Å²) >= 11 is 0. The third kappa shape index (κ3) is 3.05.